The van der Waals surface area contributed by atoms with E-state index >= 15 is 0 Å². The summed E-state index contributed by atoms with van der Waals surface area (Å²) in [6, 6.07) is 12.0. The molecule has 0 unspecified atom stereocenters. The van der Waals surface area contributed by atoms with Gasteiger partial charge in [-0.3, -0.25) is 4.79 Å². The zero-order valence-corrected chi connectivity index (χ0v) is 17.5. The molecule has 134 valence electrons. The van der Waals surface area contributed by atoms with Gasteiger partial charge in [0.2, 0.25) is 0 Å². The van der Waals surface area contributed by atoms with E-state index in [9.17, 15) is 4.79 Å². The van der Waals surface area contributed by atoms with E-state index in [-0.39, 0.29) is 10.8 Å². The lowest BCUT2D eigenvalue weighted by Gasteiger charge is -2.31. The quantitative estimate of drug-likeness (QED) is 0.550. The Morgan fingerprint density at radius 1 is 0.960 bits per heavy atom. The van der Waals surface area contributed by atoms with Gasteiger partial charge in [-0.1, -0.05) is 75.7 Å². The first kappa shape index (κ1) is 19.7. The molecule has 0 atom stereocenters. The number of carbonyl (C=O) groups is 1. The Labute approximate surface area is 159 Å². The molecule has 0 bridgehead atoms. The van der Waals surface area contributed by atoms with Crippen LogP contribution in [0, 0.1) is 0 Å². The molecule has 0 aliphatic rings. The van der Waals surface area contributed by atoms with Crippen LogP contribution < -0.4 is 4.74 Å². The molecule has 0 heterocycles. The minimum atomic E-state index is -0.0403. The third-order valence-electron chi connectivity index (χ3n) is 4.23. The predicted molar refractivity (Wildman–Crippen MR) is 108 cm³/mol. The van der Waals surface area contributed by atoms with Crippen molar-refractivity contribution in [3.8, 4) is 5.75 Å². The van der Waals surface area contributed by atoms with E-state index in [1.165, 1.54) is 11.1 Å². The molecule has 0 aliphatic heterocycles. The molecule has 0 radical (unpaired) electrons. The minimum Gasteiger partial charge on any atom is -0.488 e. The van der Waals surface area contributed by atoms with Crippen LogP contribution in [0.15, 0.2) is 40.9 Å². The highest BCUT2D eigenvalue weighted by Crippen LogP contribution is 2.38. The van der Waals surface area contributed by atoms with Gasteiger partial charge in [0.15, 0.2) is 6.29 Å². The summed E-state index contributed by atoms with van der Waals surface area (Å²) >= 11 is 3.54. The summed E-state index contributed by atoms with van der Waals surface area (Å²) in [5.41, 5.74) is 3.99. The normalized spacial score (nSPS) is 12.1. The molecular formula is C22H27BrO2. The lowest BCUT2D eigenvalue weighted by atomic mass is 9.74. The number of ether oxygens (including phenoxy) is 1. The van der Waals surface area contributed by atoms with Gasteiger partial charge in [-0.25, -0.2) is 0 Å². The smallest absolute Gasteiger partial charge is 0.153 e. The van der Waals surface area contributed by atoms with Crippen molar-refractivity contribution in [1.82, 2.24) is 0 Å². The van der Waals surface area contributed by atoms with Gasteiger partial charge >= 0.3 is 0 Å². The Bertz CT molecular complexity index is 765. The number of rotatable bonds is 4. The Balaban J connectivity index is 2.47. The number of benzene rings is 2. The first-order valence-electron chi connectivity index (χ1n) is 8.54. The van der Waals surface area contributed by atoms with Gasteiger partial charge in [0.1, 0.15) is 12.4 Å². The van der Waals surface area contributed by atoms with Crippen molar-refractivity contribution in [2.45, 2.75) is 59.0 Å². The molecule has 0 spiro atoms. The molecule has 0 aliphatic carbocycles. The van der Waals surface area contributed by atoms with Crippen molar-refractivity contribution in [2.75, 3.05) is 0 Å². The van der Waals surface area contributed by atoms with Gasteiger partial charge in [0.05, 0.1) is 5.56 Å². The van der Waals surface area contributed by atoms with Crippen molar-refractivity contribution in [2.24, 2.45) is 0 Å². The average Bonchev–Trinajstić information content (AvgIpc) is 2.51. The lowest BCUT2D eigenvalue weighted by molar-refractivity contribution is 0.111. The second kappa shape index (κ2) is 7.33. The largest absolute Gasteiger partial charge is 0.488 e. The molecule has 2 rings (SSSR count). The van der Waals surface area contributed by atoms with Gasteiger partial charge in [-0.05, 0) is 40.2 Å². The number of carbonyl (C=O) groups excluding carboxylic acids is 1. The highest BCUT2D eigenvalue weighted by molar-refractivity contribution is 9.10. The maximum atomic E-state index is 11.7. The van der Waals surface area contributed by atoms with Crippen LogP contribution in [-0.4, -0.2) is 6.29 Å². The monoisotopic (exact) mass is 402 g/mol. The van der Waals surface area contributed by atoms with Crippen LogP contribution in [0.2, 0.25) is 0 Å². The van der Waals surface area contributed by atoms with E-state index in [0.29, 0.717) is 17.9 Å². The maximum Gasteiger partial charge on any atom is 0.153 e. The van der Waals surface area contributed by atoms with Crippen molar-refractivity contribution < 1.29 is 9.53 Å². The molecule has 2 aromatic carbocycles. The Kier molecular flexibility index (Phi) is 5.78. The first-order valence-corrected chi connectivity index (χ1v) is 9.33. The molecule has 0 N–H and O–H groups in total. The van der Waals surface area contributed by atoms with Gasteiger partial charge in [0.25, 0.3) is 0 Å². The van der Waals surface area contributed by atoms with Crippen LogP contribution in [0.25, 0.3) is 0 Å². The molecule has 0 aromatic heterocycles. The second-order valence-electron chi connectivity index (χ2n) is 8.43. The summed E-state index contributed by atoms with van der Waals surface area (Å²) in [4.78, 5) is 11.7. The number of hydrogen-bond acceptors (Lipinski definition) is 2. The highest BCUT2D eigenvalue weighted by atomic mass is 79.9. The molecule has 2 nitrogen and oxygen atoms in total. The van der Waals surface area contributed by atoms with Crippen molar-refractivity contribution in [3.63, 3.8) is 0 Å². The zero-order valence-electron chi connectivity index (χ0n) is 15.9. The van der Waals surface area contributed by atoms with Gasteiger partial charge in [-0.15, -0.1) is 0 Å². The molecular weight excluding hydrogens is 376 g/mol. The molecule has 0 saturated heterocycles. The van der Waals surface area contributed by atoms with Crippen molar-refractivity contribution >= 4 is 22.2 Å². The van der Waals surface area contributed by atoms with Gasteiger partial charge in [0, 0.05) is 10.0 Å². The van der Waals surface area contributed by atoms with E-state index < -0.39 is 0 Å². The zero-order chi connectivity index (χ0) is 18.8. The fourth-order valence-corrected chi connectivity index (χ4v) is 3.22. The molecule has 25 heavy (non-hydrogen) atoms. The van der Waals surface area contributed by atoms with Gasteiger partial charge < -0.3 is 4.74 Å². The summed E-state index contributed by atoms with van der Waals surface area (Å²) < 4.78 is 7.04. The molecule has 3 heteroatoms. The fourth-order valence-electron chi connectivity index (χ4n) is 2.83. The average molecular weight is 403 g/mol. The second-order valence-corrected chi connectivity index (χ2v) is 9.29. The minimum absolute atomic E-state index is 0.0323. The third kappa shape index (κ3) is 4.72. The number of halogens is 1. The fraction of sp³-hybridized carbons (Fsp3) is 0.409. The van der Waals surface area contributed by atoms with Gasteiger partial charge in [-0.2, -0.15) is 0 Å². The van der Waals surface area contributed by atoms with E-state index in [4.69, 9.17) is 4.74 Å². The maximum absolute atomic E-state index is 11.7. The standard InChI is InChI=1S/C22H27BrO2/c1-21(2,3)17-11-16(13-24)20(12-18(17)22(4,5)6)25-14-15-9-7-8-10-19(15)23/h7-13H,14H2,1-6H3. The van der Waals surface area contributed by atoms with Crippen LogP contribution >= 0.6 is 15.9 Å². The third-order valence-corrected chi connectivity index (χ3v) is 5.01. The number of aldehydes is 1. The summed E-state index contributed by atoms with van der Waals surface area (Å²) in [6.45, 7) is 13.5. The lowest BCUT2D eigenvalue weighted by Crippen LogP contribution is -2.22. The van der Waals surface area contributed by atoms with Crippen LogP contribution in [-0.2, 0) is 17.4 Å². The van der Waals surface area contributed by atoms with E-state index in [0.717, 1.165) is 16.3 Å². The van der Waals surface area contributed by atoms with E-state index in [2.05, 4.69) is 57.5 Å². The van der Waals surface area contributed by atoms with Crippen LogP contribution in [0.4, 0.5) is 0 Å². The summed E-state index contributed by atoms with van der Waals surface area (Å²) in [5.74, 6) is 0.642. The summed E-state index contributed by atoms with van der Waals surface area (Å²) in [5, 5.41) is 0. The van der Waals surface area contributed by atoms with Crippen molar-refractivity contribution in [3.05, 3.63) is 63.1 Å². The molecule has 0 amide bonds. The van der Waals surface area contributed by atoms with Crippen LogP contribution in [0.1, 0.15) is 68.6 Å². The highest BCUT2D eigenvalue weighted by Gasteiger charge is 2.27. The Morgan fingerprint density at radius 3 is 2.04 bits per heavy atom. The first-order chi connectivity index (χ1) is 11.5. The van der Waals surface area contributed by atoms with E-state index in [1.54, 1.807) is 0 Å². The predicted octanol–water partition coefficient (Wildman–Crippen LogP) is 6.44. The summed E-state index contributed by atoms with van der Waals surface area (Å²) in [6.07, 6.45) is 0.886. The topological polar surface area (TPSA) is 26.3 Å². The Hall–Kier alpha value is -1.61. The van der Waals surface area contributed by atoms with E-state index in [1.807, 2.05) is 36.4 Å². The molecule has 2 aromatic rings. The van der Waals surface area contributed by atoms with Crippen LogP contribution in [0.5, 0.6) is 5.75 Å². The SMILES string of the molecule is CC(C)(C)c1cc(C=O)c(OCc2ccccc2Br)cc1C(C)(C)C. The number of hydrogen-bond donors (Lipinski definition) is 0. The molecule has 0 saturated carbocycles. The van der Waals surface area contributed by atoms with Crippen LogP contribution in [0.3, 0.4) is 0 Å². The Morgan fingerprint density at radius 2 is 1.52 bits per heavy atom. The summed E-state index contributed by atoms with van der Waals surface area (Å²) in [7, 11) is 0. The molecule has 0 fully saturated rings. The van der Waals surface area contributed by atoms with Crippen molar-refractivity contribution in [1.29, 1.82) is 0 Å².